The summed E-state index contributed by atoms with van der Waals surface area (Å²) < 4.78 is 0. The summed E-state index contributed by atoms with van der Waals surface area (Å²) >= 11 is 0. The van der Waals surface area contributed by atoms with Gasteiger partial charge in [0, 0.05) is 24.2 Å². The normalized spacial score (nSPS) is 25.5. The van der Waals surface area contributed by atoms with Crippen molar-refractivity contribution in [2.75, 3.05) is 11.4 Å². The molecule has 3 heterocycles. The van der Waals surface area contributed by atoms with Crippen LogP contribution >= 0.6 is 0 Å². The molecule has 84 valence electrons. The molecule has 2 aromatic heterocycles. The number of aromatic amines is 1. The van der Waals surface area contributed by atoms with Crippen LogP contribution in [0.25, 0.3) is 11.0 Å². The first kappa shape index (κ1) is 9.70. The van der Waals surface area contributed by atoms with Crippen LogP contribution in [0, 0.1) is 5.92 Å². The molecule has 1 aliphatic heterocycles. The van der Waals surface area contributed by atoms with Crippen LogP contribution in [0.4, 0.5) is 5.69 Å². The number of nitrogens with one attached hydrogen (secondary N) is 1. The Morgan fingerprint density at radius 2 is 2.31 bits per heavy atom. The maximum Gasteiger partial charge on any atom is 0.137 e. The van der Waals surface area contributed by atoms with E-state index in [1.54, 1.807) is 0 Å². The lowest BCUT2D eigenvalue weighted by molar-refractivity contribution is 0.625. The minimum Gasteiger partial charge on any atom is -0.367 e. The summed E-state index contributed by atoms with van der Waals surface area (Å²) in [6.45, 7) is 5.77. The fraction of sp³-hybridized carbons (Fsp3) is 0.462. The molecule has 0 aromatic carbocycles. The molecule has 0 radical (unpaired) electrons. The molecule has 0 bridgehead atoms. The molecule has 1 N–H and O–H groups in total. The van der Waals surface area contributed by atoms with Crippen molar-refractivity contribution in [3.8, 4) is 0 Å². The van der Waals surface area contributed by atoms with E-state index in [4.69, 9.17) is 0 Å². The summed E-state index contributed by atoms with van der Waals surface area (Å²) in [4.78, 5) is 10.0. The summed E-state index contributed by atoms with van der Waals surface area (Å²) in [6, 6.07) is 4.94. The Bertz CT molecular complexity index is 503. The van der Waals surface area contributed by atoms with E-state index in [1.807, 2.05) is 12.4 Å². The maximum absolute atomic E-state index is 4.45. The van der Waals surface area contributed by atoms with Crippen LogP contribution < -0.4 is 4.90 Å². The van der Waals surface area contributed by atoms with Crippen molar-refractivity contribution in [3.05, 3.63) is 24.5 Å². The molecule has 0 saturated carbocycles. The summed E-state index contributed by atoms with van der Waals surface area (Å²) in [5, 5.41) is 1.20. The predicted octanol–water partition coefficient (Wildman–Crippen LogP) is 2.80. The average molecular weight is 215 g/mol. The third-order valence-electron chi connectivity index (χ3n) is 3.50. The van der Waals surface area contributed by atoms with Gasteiger partial charge in [-0.2, -0.15) is 0 Å². The predicted molar refractivity (Wildman–Crippen MR) is 66.7 cm³/mol. The average Bonchev–Trinajstić information content (AvgIpc) is 2.83. The summed E-state index contributed by atoms with van der Waals surface area (Å²) in [6.07, 6.45) is 5.20. The molecule has 2 unspecified atom stereocenters. The number of anilines is 1. The van der Waals surface area contributed by atoms with Crippen LogP contribution in [0.3, 0.4) is 0 Å². The van der Waals surface area contributed by atoms with Crippen molar-refractivity contribution in [2.45, 2.75) is 26.3 Å². The zero-order valence-electron chi connectivity index (χ0n) is 9.77. The number of hydrogen-bond donors (Lipinski definition) is 1. The highest BCUT2D eigenvalue weighted by Gasteiger charge is 2.26. The number of aromatic nitrogens is 2. The second kappa shape index (κ2) is 3.51. The quantitative estimate of drug-likeness (QED) is 0.793. The van der Waals surface area contributed by atoms with E-state index in [0.29, 0.717) is 6.04 Å². The molecular formula is C13H17N3. The first-order valence-electron chi connectivity index (χ1n) is 5.94. The van der Waals surface area contributed by atoms with Gasteiger partial charge in [-0.1, -0.05) is 6.92 Å². The van der Waals surface area contributed by atoms with Gasteiger partial charge >= 0.3 is 0 Å². The monoisotopic (exact) mass is 215 g/mol. The topological polar surface area (TPSA) is 31.9 Å². The summed E-state index contributed by atoms with van der Waals surface area (Å²) in [7, 11) is 0. The van der Waals surface area contributed by atoms with Crippen LogP contribution in [0.2, 0.25) is 0 Å². The summed E-state index contributed by atoms with van der Waals surface area (Å²) in [5.41, 5.74) is 2.23. The first-order chi connectivity index (χ1) is 7.74. The van der Waals surface area contributed by atoms with E-state index >= 15 is 0 Å². The fourth-order valence-electron chi connectivity index (χ4n) is 2.74. The van der Waals surface area contributed by atoms with E-state index < -0.39 is 0 Å². The zero-order chi connectivity index (χ0) is 11.1. The van der Waals surface area contributed by atoms with Gasteiger partial charge in [-0.25, -0.2) is 4.98 Å². The molecule has 2 aromatic rings. The second-order valence-corrected chi connectivity index (χ2v) is 4.95. The molecule has 1 fully saturated rings. The highest BCUT2D eigenvalue weighted by Crippen LogP contribution is 2.29. The minimum absolute atomic E-state index is 0.633. The molecule has 0 amide bonds. The van der Waals surface area contributed by atoms with Crippen molar-refractivity contribution >= 4 is 16.7 Å². The van der Waals surface area contributed by atoms with E-state index in [0.717, 1.165) is 18.1 Å². The van der Waals surface area contributed by atoms with Crippen LogP contribution in [-0.2, 0) is 0 Å². The lowest BCUT2D eigenvalue weighted by Crippen LogP contribution is -2.26. The Labute approximate surface area is 95.5 Å². The van der Waals surface area contributed by atoms with Crippen molar-refractivity contribution in [1.82, 2.24) is 9.97 Å². The van der Waals surface area contributed by atoms with Gasteiger partial charge in [0.05, 0.1) is 11.9 Å². The fourth-order valence-corrected chi connectivity index (χ4v) is 2.74. The van der Waals surface area contributed by atoms with Gasteiger partial charge in [-0.15, -0.1) is 0 Å². The number of pyridine rings is 1. The maximum atomic E-state index is 4.45. The standard InChI is InChI=1S/C13H17N3/c1-9-5-10(2)16(8-9)12-6-11-3-4-14-13(11)15-7-12/h3-4,6-7,9-10H,5,8H2,1-2H3,(H,14,15). The van der Waals surface area contributed by atoms with Crippen molar-refractivity contribution < 1.29 is 0 Å². The molecule has 1 saturated heterocycles. The molecular weight excluding hydrogens is 198 g/mol. The largest absolute Gasteiger partial charge is 0.367 e. The highest BCUT2D eigenvalue weighted by molar-refractivity contribution is 5.79. The number of rotatable bonds is 1. The molecule has 3 nitrogen and oxygen atoms in total. The Morgan fingerprint density at radius 3 is 3.06 bits per heavy atom. The third kappa shape index (κ3) is 1.47. The van der Waals surface area contributed by atoms with Gasteiger partial charge in [0.15, 0.2) is 0 Å². The van der Waals surface area contributed by atoms with Gasteiger partial charge in [0.25, 0.3) is 0 Å². The van der Waals surface area contributed by atoms with E-state index in [-0.39, 0.29) is 0 Å². The molecule has 2 atom stereocenters. The van der Waals surface area contributed by atoms with Crippen molar-refractivity contribution in [1.29, 1.82) is 0 Å². The lowest BCUT2D eigenvalue weighted by atomic mass is 10.1. The Morgan fingerprint density at radius 1 is 1.44 bits per heavy atom. The van der Waals surface area contributed by atoms with Gasteiger partial charge in [0.1, 0.15) is 5.65 Å². The number of nitrogens with zero attached hydrogens (tertiary/aromatic N) is 2. The van der Waals surface area contributed by atoms with Crippen LogP contribution in [0.1, 0.15) is 20.3 Å². The van der Waals surface area contributed by atoms with E-state index in [9.17, 15) is 0 Å². The number of H-pyrrole nitrogens is 1. The molecule has 3 heteroatoms. The molecule has 1 aliphatic rings. The highest BCUT2D eigenvalue weighted by atomic mass is 15.2. The number of fused-ring (bicyclic) bond motifs is 1. The van der Waals surface area contributed by atoms with Crippen LogP contribution in [-0.4, -0.2) is 22.6 Å². The molecule has 0 spiro atoms. The molecule has 3 rings (SSSR count). The smallest absolute Gasteiger partial charge is 0.137 e. The molecule has 16 heavy (non-hydrogen) atoms. The van der Waals surface area contributed by atoms with Crippen molar-refractivity contribution in [3.63, 3.8) is 0 Å². The number of hydrogen-bond acceptors (Lipinski definition) is 2. The third-order valence-corrected chi connectivity index (χ3v) is 3.50. The van der Waals surface area contributed by atoms with Gasteiger partial charge in [0.2, 0.25) is 0 Å². The van der Waals surface area contributed by atoms with Gasteiger partial charge < -0.3 is 9.88 Å². The van der Waals surface area contributed by atoms with Crippen molar-refractivity contribution in [2.24, 2.45) is 5.92 Å². The second-order valence-electron chi connectivity index (χ2n) is 4.95. The minimum atomic E-state index is 0.633. The van der Waals surface area contributed by atoms with E-state index in [1.165, 1.54) is 17.5 Å². The zero-order valence-corrected chi connectivity index (χ0v) is 9.77. The summed E-state index contributed by atoms with van der Waals surface area (Å²) in [5.74, 6) is 0.789. The van der Waals surface area contributed by atoms with E-state index in [2.05, 4.69) is 40.8 Å². The Kier molecular flexibility index (Phi) is 2.13. The van der Waals surface area contributed by atoms with Crippen LogP contribution in [0.5, 0.6) is 0 Å². The van der Waals surface area contributed by atoms with Crippen LogP contribution in [0.15, 0.2) is 24.5 Å². The SMILES string of the molecule is CC1CC(C)N(c2cnc3[nH]ccc3c2)C1. The lowest BCUT2D eigenvalue weighted by Gasteiger charge is -2.23. The first-order valence-corrected chi connectivity index (χ1v) is 5.94. The Hall–Kier alpha value is -1.51. The molecule has 0 aliphatic carbocycles. The van der Waals surface area contributed by atoms with Gasteiger partial charge in [-0.3, -0.25) is 0 Å². The van der Waals surface area contributed by atoms with Gasteiger partial charge in [-0.05, 0) is 31.4 Å². The Balaban J connectivity index is 1.99.